The number of anilines is 1. The van der Waals surface area contributed by atoms with Gasteiger partial charge < -0.3 is 14.5 Å². The van der Waals surface area contributed by atoms with Gasteiger partial charge in [-0.2, -0.15) is 0 Å². The second kappa shape index (κ2) is 6.95. The summed E-state index contributed by atoms with van der Waals surface area (Å²) in [5, 5.41) is 0. The zero-order valence-electron chi connectivity index (χ0n) is 14.5. The molecule has 3 rings (SSSR count). The van der Waals surface area contributed by atoms with Crippen LogP contribution in [0.15, 0.2) is 48.5 Å². The third kappa shape index (κ3) is 3.70. The summed E-state index contributed by atoms with van der Waals surface area (Å²) in [5.41, 5.74) is 2.92. The molecular formula is C20H24N2O2. The van der Waals surface area contributed by atoms with E-state index in [0.29, 0.717) is 12.6 Å². The molecule has 2 aromatic carbocycles. The lowest BCUT2D eigenvalue weighted by Gasteiger charge is -2.23. The van der Waals surface area contributed by atoms with Crippen molar-refractivity contribution in [1.29, 1.82) is 0 Å². The Kier molecular flexibility index (Phi) is 4.74. The molecule has 0 N–H and O–H groups in total. The van der Waals surface area contributed by atoms with Crippen LogP contribution in [-0.4, -0.2) is 38.1 Å². The van der Waals surface area contributed by atoms with Crippen molar-refractivity contribution in [1.82, 2.24) is 4.90 Å². The minimum atomic E-state index is 0.108. The molecule has 0 aromatic heterocycles. The molecule has 126 valence electrons. The van der Waals surface area contributed by atoms with E-state index in [2.05, 4.69) is 0 Å². The fraction of sp³-hybridized carbons (Fsp3) is 0.350. The molecule has 1 fully saturated rings. The van der Waals surface area contributed by atoms with Crippen LogP contribution in [-0.2, 0) is 6.54 Å². The molecule has 24 heavy (non-hydrogen) atoms. The van der Waals surface area contributed by atoms with Crippen molar-refractivity contribution in [3.8, 4) is 5.75 Å². The number of carbonyl (C=O) groups is 1. The smallest absolute Gasteiger partial charge is 0.254 e. The van der Waals surface area contributed by atoms with Crippen molar-refractivity contribution in [2.45, 2.75) is 25.4 Å². The van der Waals surface area contributed by atoms with Gasteiger partial charge in [0.05, 0.1) is 7.11 Å². The highest BCUT2D eigenvalue weighted by molar-refractivity contribution is 5.95. The maximum Gasteiger partial charge on any atom is 0.254 e. The highest BCUT2D eigenvalue weighted by Gasteiger charge is 2.33. The average Bonchev–Trinajstić information content (AvgIpc) is 3.44. The summed E-state index contributed by atoms with van der Waals surface area (Å²) in [6.07, 6.45) is 2.19. The number of methoxy groups -OCH3 is 1. The maximum atomic E-state index is 13.0. The predicted molar refractivity (Wildman–Crippen MR) is 96.7 cm³/mol. The third-order valence-corrected chi connectivity index (χ3v) is 4.37. The van der Waals surface area contributed by atoms with Crippen LogP contribution < -0.4 is 9.64 Å². The fourth-order valence-corrected chi connectivity index (χ4v) is 2.76. The number of nitrogens with zero attached hydrogens (tertiary/aromatic N) is 2. The Morgan fingerprint density at radius 1 is 1.12 bits per heavy atom. The summed E-state index contributed by atoms with van der Waals surface area (Å²) in [5.74, 6) is 0.943. The van der Waals surface area contributed by atoms with Crippen LogP contribution >= 0.6 is 0 Å². The Morgan fingerprint density at radius 3 is 2.42 bits per heavy atom. The van der Waals surface area contributed by atoms with Gasteiger partial charge in [-0.15, -0.1) is 0 Å². The van der Waals surface area contributed by atoms with Crippen LogP contribution in [0.3, 0.4) is 0 Å². The summed E-state index contributed by atoms with van der Waals surface area (Å²) in [6.45, 7) is 0.639. The molecule has 0 saturated heterocycles. The van der Waals surface area contributed by atoms with Crippen LogP contribution in [0.1, 0.15) is 28.8 Å². The van der Waals surface area contributed by atoms with Crippen LogP contribution in [0.4, 0.5) is 5.69 Å². The number of rotatable bonds is 6. The van der Waals surface area contributed by atoms with E-state index in [0.717, 1.165) is 35.4 Å². The monoisotopic (exact) mass is 324 g/mol. The molecular weight excluding hydrogens is 300 g/mol. The highest BCUT2D eigenvalue weighted by Crippen LogP contribution is 2.30. The van der Waals surface area contributed by atoms with E-state index in [9.17, 15) is 4.79 Å². The summed E-state index contributed by atoms with van der Waals surface area (Å²) in [7, 11) is 5.63. The molecule has 0 atom stereocenters. The standard InChI is InChI=1S/C20H24N2O2/c1-21(2)18-6-4-5-16(13-18)20(23)22(17-9-10-17)14-15-7-11-19(24-3)12-8-15/h4-8,11-13,17H,9-10,14H2,1-3H3. The molecule has 0 heterocycles. The van der Waals surface area contributed by atoms with Crippen molar-refractivity contribution < 1.29 is 9.53 Å². The van der Waals surface area contributed by atoms with Crippen molar-refractivity contribution in [2.75, 3.05) is 26.1 Å². The summed E-state index contributed by atoms with van der Waals surface area (Å²) < 4.78 is 5.20. The Morgan fingerprint density at radius 2 is 1.83 bits per heavy atom. The molecule has 2 aromatic rings. The molecule has 4 heteroatoms. The number of amides is 1. The van der Waals surface area contributed by atoms with Crippen molar-refractivity contribution in [3.05, 3.63) is 59.7 Å². The van der Waals surface area contributed by atoms with Gasteiger partial charge in [-0.25, -0.2) is 0 Å². The predicted octanol–water partition coefficient (Wildman–Crippen LogP) is 3.57. The van der Waals surface area contributed by atoms with Crippen molar-refractivity contribution in [3.63, 3.8) is 0 Å². The van der Waals surface area contributed by atoms with E-state index in [-0.39, 0.29) is 5.91 Å². The second-order valence-electron chi connectivity index (χ2n) is 6.46. The maximum absolute atomic E-state index is 13.0. The second-order valence-corrected chi connectivity index (χ2v) is 6.46. The van der Waals surface area contributed by atoms with Gasteiger partial charge in [-0.1, -0.05) is 18.2 Å². The van der Waals surface area contributed by atoms with Gasteiger partial charge in [-0.05, 0) is 48.7 Å². The number of benzene rings is 2. The number of carbonyl (C=O) groups excluding carboxylic acids is 1. The van der Waals surface area contributed by atoms with Gasteiger partial charge >= 0.3 is 0 Å². The van der Waals surface area contributed by atoms with E-state index >= 15 is 0 Å². The Hall–Kier alpha value is -2.49. The van der Waals surface area contributed by atoms with Gasteiger partial charge in [-0.3, -0.25) is 4.79 Å². The average molecular weight is 324 g/mol. The highest BCUT2D eigenvalue weighted by atomic mass is 16.5. The molecule has 1 amide bonds. The molecule has 4 nitrogen and oxygen atoms in total. The Bertz CT molecular complexity index is 706. The minimum absolute atomic E-state index is 0.108. The van der Waals surface area contributed by atoms with E-state index in [1.54, 1.807) is 7.11 Å². The first-order chi connectivity index (χ1) is 11.6. The van der Waals surface area contributed by atoms with Crippen LogP contribution in [0.2, 0.25) is 0 Å². The van der Waals surface area contributed by atoms with Crippen molar-refractivity contribution in [2.24, 2.45) is 0 Å². The molecule has 0 radical (unpaired) electrons. The van der Waals surface area contributed by atoms with Crippen LogP contribution in [0.5, 0.6) is 5.75 Å². The lowest BCUT2D eigenvalue weighted by Crippen LogP contribution is -2.32. The normalized spacial score (nSPS) is 13.5. The first kappa shape index (κ1) is 16.4. The number of hydrogen-bond donors (Lipinski definition) is 0. The summed E-state index contributed by atoms with van der Waals surface area (Å²) >= 11 is 0. The van der Waals surface area contributed by atoms with Gasteiger partial charge in [0.15, 0.2) is 0 Å². The number of hydrogen-bond acceptors (Lipinski definition) is 3. The fourth-order valence-electron chi connectivity index (χ4n) is 2.76. The Labute approximate surface area is 143 Å². The van der Waals surface area contributed by atoms with E-state index in [4.69, 9.17) is 4.74 Å². The Balaban J connectivity index is 1.79. The minimum Gasteiger partial charge on any atom is -0.497 e. The first-order valence-corrected chi connectivity index (χ1v) is 8.30. The third-order valence-electron chi connectivity index (χ3n) is 4.37. The molecule has 0 unspecified atom stereocenters. The van der Waals surface area contributed by atoms with Crippen molar-refractivity contribution >= 4 is 11.6 Å². The lowest BCUT2D eigenvalue weighted by atomic mass is 10.1. The lowest BCUT2D eigenvalue weighted by molar-refractivity contribution is 0.0730. The largest absolute Gasteiger partial charge is 0.497 e. The topological polar surface area (TPSA) is 32.8 Å². The van der Waals surface area contributed by atoms with E-state index in [1.807, 2.05) is 72.4 Å². The zero-order chi connectivity index (χ0) is 17.1. The molecule has 1 aliphatic rings. The van der Waals surface area contributed by atoms with Gasteiger partial charge in [0, 0.05) is 37.9 Å². The zero-order valence-corrected chi connectivity index (χ0v) is 14.5. The SMILES string of the molecule is COc1ccc(CN(C(=O)c2cccc(N(C)C)c2)C2CC2)cc1. The molecule has 0 aliphatic heterocycles. The number of ether oxygens (including phenoxy) is 1. The van der Waals surface area contributed by atoms with Gasteiger partial charge in [0.2, 0.25) is 0 Å². The van der Waals surface area contributed by atoms with Crippen LogP contribution in [0.25, 0.3) is 0 Å². The van der Waals surface area contributed by atoms with Crippen LogP contribution in [0, 0.1) is 0 Å². The van der Waals surface area contributed by atoms with Gasteiger partial charge in [0.25, 0.3) is 5.91 Å². The van der Waals surface area contributed by atoms with E-state index < -0.39 is 0 Å². The molecule has 0 bridgehead atoms. The summed E-state index contributed by atoms with van der Waals surface area (Å²) in [4.78, 5) is 17.0. The van der Waals surface area contributed by atoms with E-state index in [1.165, 1.54) is 0 Å². The summed E-state index contributed by atoms with van der Waals surface area (Å²) in [6, 6.07) is 16.1. The first-order valence-electron chi connectivity index (χ1n) is 8.30. The quantitative estimate of drug-likeness (QED) is 0.814. The van der Waals surface area contributed by atoms with Gasteiger partial charge in [0.1, 0.15) is 5.75 Å². The molecule has 0 spiro atoms. The molecule has 1 saturated carbocycles. The molecule has 1 aliphatic carbocycles.